The van der Waals surface area contributed by atoms with E-state index in [1.807, 2.05) is 31.2 Å². The Morgan fingerprint density at radius 3 is 2.83 bits per heavy atom. The van der Waals surface area contributed by atoms with Gasteiger partial charge in [0.05, 0.1) is 46.7 Å². The zero-order valence-electron chi connectivity index (χ0n) is 16.4. The summed E-state index contributed by atoms with van der Waals surface area (Å²) < 4.78 is 15.2. The number of benzene rings is 2. The lowest BCUT2D eigenvalue weighted by molar-refractivity contribution is -0.113. The maximum Gasteiger partial charge on any atom is 0.262 e. The van der Waals surface area contributed by atoms with Crippen molar-refractivity contribution in [3.63, 3.8) is 0 Å². The van der Waals surface area contributed by atoms with E-state index in [0.717, 1.165) is 17.2 Å². The van der Waals surface area contributed by atoms with E-state index in [1.165, 1.54) is 11.8 Å². The van der Waals surface area contributed by atoms with E-state index in [4.69, 9.17) is 4.74 Å². The van der Waals surface area contributed by atoms with Crippen molar-refractivity contribution >= 4 is 57.0 Å². The smallest absolute Gasteiger partial charge is 0.262 e. The number of aromatic nitrogens is 4. The van der Waals surface area contributed by atoms with Crippen LogP contribution in [0.25, 0.3) is 21.9 Å². The zero-order valence-corrected chi connectivity index (χ0v) is 18.0. The first kappa shape index (κ1) is 20.5. The average Bonchev–Trinajstić information content (AvgIpc) is 3.22. The number of para-hydroxylation sites is 1. The Kier molecular flexibility index (Phi) is 6.07. The van der Waals surface area contributed by atoms with Gasteiger partial charge < -0.3 is 10.1 Å². The van der Waals surface area contributed by atoms with Crippen LogP contribution in [0.4, 0.5) is 5.69 Å². The lowest BCUT2D eigenvalue weighted by atomic mass is 10.2. The van der Waals surface area contributed by atoms with Gasteiger partial charge >= 0.3 is 0 Å². The van der Waals surface area contributed by atoms with E-state index in [2.05, 4.69) is 19.0 Å². The second-order valence-corrected chi connectivity index (χ2v) is 8.14. The third kappa shape index (κ3) is 4.07. The molecule has 2 aromatic heterocycles. The van der Waals surface area contributed by atoms with Crippen molar-refractivity contribution in [1.29, 1.82) is 0 Å². The maximum atomic E-state index is 13.1. The van der Waals surface area contributed by atoms with Crippen LogP contribution >= 0.6 is 23.5 Å². The Morgan fingerprint density at radius 2 is 2.00 bits per heavy atom. The van der Waals surface area contributed by atoms with Crippen LogP contribution < -0.4 is 10.9 Å². The zero-order chi connectivity index (χ0) is 21.1. The molecule has 10 heteroatoms. The lowest BCUT2D eigenvalue weighted by Crippen LogP contribution is -2.29. The maximum absolute atomic E-state index is 13.1. The molecule has 4 aromatic rings. The van der Waals surface area contributed by atoms with E-state index < -0.39 is 0 Å². The number of fused-ring (bicyclic) bond motifs is 2. The van der Waals surface area contributed by atoms with Crippen LogP contribution in [0.3, 0.4) is 0 Å². The van der Waals surface area contributed by atoms with Crippen molar-refractivity contribution in [2.45, 2.75) is 18.1 Å². The predicted octanol–water partition coefficient (Wildman–Crippen LogP) is 3.34. The molecular weight excluding hydrogens is 422 g/mol. The second kappa shape index (κ2) is 8.90. The number of ether oxygens (including phenoxy) is 1. The monoisotopic (exact) mass is 441 g/mol. The Morgan fingerprint density at radius 1 is 1.20 bits per heavy atom. The van der Waals surface area contributed by atoms with Gasteiger partial charge in [-0.3, -0.25) is 14.2 Å². The highest BCUT2D eigenvalue weighted by Gasteiger charge is 2.18. The molecule has 0 saturated carbocycles. The molecule has 1 unspecified atom stereocenters. The highest BCUT2D eigenvalue weighted by atomic mass is 32.2. The van der Waals surface area contributed by atoms with Crippen molar-refractivity contribution < 1.29 is 9.53 Å². The molecule has 1 amide bonds. The van der Waals surface area contributed by atoms with Crippen LogP contribution in [-0.2, 0) is 9.53 Å². The molecule has 0 fully saturated rings. The summed E-state index contributed by atoms with van der Waals surface area (Å²) in [4.78, 5) is 30.3. The summed E-state index contributed by atoms with van der Waals surface area (Å²) in [5.41, 5.74) is 2.47. The summed E-state index contributed by atoms with van der Waals surface area (Å²) in [7, 11) is 1.59. The molecule has 0 aliphatic rings. The summed E-state index contributed by atoms with van der Waals surface area (Å²) in [6, 6.07) is 12.4. The van der Waals surface area contributed by atoms with Crippen molar-refractivity contribution in [2.24, 2.45) is 0 Å². The summed E-state index contributed by atoms with van der Waals surface area (Å²) in [6.45, 7) is 2.25. The minimum atomic E-state index is -0.222. The normalized spacial score (nSPS) is 12.3. The van der Waals surface area contributed by atoms with E-state index in [1.54, 1.807) is 29.9 Å². The Hall–Kier alpha value is -2.82. The molecule has 0 radical (unpaired) electrons. The fourth-order valence-corrected chi connectivity index (χ4v) is 4.60. The number of hydrogen-bond donors (Lipinski definition) is 1. The number of nitrogens with one attached hydrogen (secondary N) is 1. The third-order valence-corrected chi connectivity index (χ3v) is 6.01. The number of thioether (sulfide) groups is 1. The summed E-state index contributed by atoms with van der Waals surface area (Å²) in [5, 5.41) is 3.89. The molecule has 0 aliphatic heterocycles. The summed E-state index contributed by atoms with van der Waals surface area (Å²) >= 11 is 2.32. The first-order valence-corrected chi connectivity index (χ1v) is 10.9. The van der Waals surface area contributed by atoms with Gasteiger partial charge in [0.1, 0.15) is 11.0 Å². The minimum Gasteiger partial charge on any atom is -0.383 e. The van der Waals surface area contributed by atoms with Crippen LogP contribution in [0.2, 0.25) is 0 Å². The van der Waals surface area contributed by atoms with Crippen LogP contribution in [0, 0.1) is 0 Å². The standard InChI is InChI=1S/C20H19N5O3S2/c1-12(10-28-2)25-19(27)13-6-3-4-7-14(13)22-20(25)29-11-17(26)21-15-8-5-9-16-18(15)24-30-23-16/h3-9,12H,10-11H2,1-2H3,(H,21,26). The molecule has 0 saturated heterocycles. The topological polar surface area (TPSA) is 99.0 Å². The fourth-order valence-electron chi connectivity index (χ4n) is 3.16. The number of nitrogens with zero attached hydrogens (tertiary/aromatic N) is 4. The summed E-state index contributed by atoms with van der Waals surface area (Å²) in [5.74, 6) is -0.118. The van der Waals surface area contributed by atoms with Gasteiger partial charge in [-0.2, -0.15) is 8.75 Å². The largest absolute Gasteiger partial charge is 0.383 e. The van der Waals surface area contributed by atoms with Gasteiger partial charge in [-0.1, -0.05) is 30.0 Å². The predicted molar refractivity (Wildman–Crippen MR) is 119 cm³/mol. The molecule has 2 heterocycles. The number of amides is 1. The SMILES string of the molecule is COCC(C)n1c(SCC(=O)Nc2cccc3nsnc23)nc2ccccc2c1=O. The molecule has 154 valence electrons. The first-order valence-electron chi connectivity index (χ1n) is 9.22. The number of methoxy groups -OCH3 is 1. The number of carbonyl (C=O) groups excluding carboxylic acids is 1. The molecule has 1 N–H and O–H groups in total. The van der Waals surface area contributed by atoms with Crippen LogP contribution in [0.1, 0.15) is 13.0 Å². The van der Waals surface area contributed by atoms with Crippen molar-refractivity contribution in [1.82, 2.24) is 18.3 Å². The van der Waals surface area contributed by atoms with Gasteiger partial charge in [0.2, 0.25) is 5.91 Å². The van der Waals surface area contributed by atoms with Gasteiger partial charge in [-0.25, -0.2) is 4.98 Å². The summed E-state index contributed by atoms with van der Waals surface area (Å²) in [6.07, 6.45) is 0. The van der Waals surface area contributed by atoms with Gasteiger partial charge in [0.15, 0.2) is 5.16 Å². The van der Waals surface area contributed by atoms with E-state index in [0.29, 0.717) is 33.9 Å². The molecule has 0 bridgehead atoms. The van der Waals surface area contributed by atoms with Gasteiger partial charge in [-0.15, -0.1) is 0 Å². The van der Waals surface area contributed by atoms with Crippen LogP contribution in [0.15, 0.2) is 52.4 Å². The molecule has 8 nitrogen and oxygen atoms in total. The van der Waals surface area contributed by atoms with E-state index >= 15 is 0 Å². The number of carbonyl (C=O) groups is 1. The highest BCUT2D eigenvalue weighted by Crippen LogP contribution is 2.24. The third-order valence-electron chi connectivity index (χ3n) is 4.52. The van der Waals surface area contributed by atoms with Crippen molar-refractivity contribution in [2.75, 3.05) is 24.8 Å². The van der Waals surface area contributed by atoms with Gasteiger partial charge in [0, 0.05) is 7.11 Å². The van der Waals surface area contributed by atoms with E-state index in [9.17, 15) is 9.59 Å². The van der Waals surface area contributed by atoms with Crippen molar-refractivity contribution in [3.05, 3.63) is 52.8 Å². The number of anilines is 1. The Labute approximate surface area is 180 Å². The molecule has 1 atom stereocenters. The molecule has 0 spiro atoms. The molecule has 2 aromatic carbocycles. The molecule has 4 rings (SSSR count). The van der Waals surface area contributed by atoms with Gasteiger partial charge in [-0.05, 0) is 31.2 Å². The quantitative estimate of drug-likeness (QED) is 0.347. The first-order chi connectivity index (χ1) is 14.6. The molecule has 30 heavy (non-hydrogen) atoms. The lowest BCUT2D eigenvalue weighted by Gasteiger charge is -2.18. The van der Waals surface area contributed by atoms with Crippen molar-refractivity contribution in [3.8, 4) is 0 Å². The van der Waals surface area contributed by atoms with Crippen LogP contribution in [0.5, 0.6) is 0 Å². The van der Waals surface area contributed by atoms with Crippen LogP contribution in [-0.4, -0.2) is 43.7 Å². The minimum absolute atomic E-state index is 0.0957. The fraction of sp³-hybridized carbons (Fsp3) is 0.250. The average molecular weight is 442 g/mol. The number of hydrogen-bond acceptors (Lipinski definition) is 8. The van der Waals surface area contributed by atoms with E-state index in [-0.39, 0.29) is 23.3 Å². The molecule has 0 aliphatic carbocycles. The second-order valence-electron chi connectivity index (χ2n) is 6.67. The number of rotatable bonds is 7. The Balaban J connectivity index is 1.59. The Bertz CT molecular complexity index is 1270. The highest BCUT2D eigenvalue weighted by molar-refractivity contribution is 7.99. The van der Waals surface area contributed by atoms with Gasteiger partial charge in [0.25, 0.3) is 5.56 Å². The molecular formula is C20H19N5O3S2.